The van der Waals surface area contributed by atoms with Crippen LogP contribution in [0.2, 0.25) is 0 Å². The molecule has 0 bridgehead atoms. The molecule has 5 heteroatoms. The van der Waals surface area contributed by atoms with Gasteiger partial charge in [0.2, 0.25) is 0 Å². The first-order valence-electron chi connectivity index (χ1n) is 13.9. The van der Waals surface area contributed by atoms with Gasteiger partial charge in [0.25, 0.3) is 0 Å². The Labute approximate surface area is 206 Å². The first-order chi connectivity index (χ1) is 16.0. The lowest BCUT2D eigenvalue weighted by molar-refractivity contribution is -0.147. The van der Waals surface area contributed by atoms with Crippen LogP contribution in [-0.4, -0.2) is 29.2 Å². The molecule has 34 heavy (non-hydrogen) atoms. The minimum Gasteiger partial charge on any atom is -0.478 e. The first-order valence-corrected chi connectivity index (χ1v) is 13.9. The molecule has 0 heterocycles. The number of fused-ring (bicyclic) bond motifs is 5. The summed E-state index contributed by atoms with van der Waals surface area (Å²) in [5.41, 5.74) is 8.63. The zero-order valence-electron chi connectivity index (χ0n) is 22.1. The zero-order chi connectivity index (χ0) is 24.8. The second-order valence-corrected chi connectivity index (χ2v) is 12.9. The van der Waals surface area contributed by atoms with Crippen LogP contribution in [0.15, 0.2) is 11.1 Å². The SMILES string of the molecule is CC(=O)O[C@H]1C[C@@]2(C)C(C[C@H](N)[C@@H]3C2CCC2CCCC[C@@]23C)/C1=C(\CCCC(C)C)C(=O)O. The highest BCUT2D eigenvalue weighted by molar-refractivity contribution is 5.88. The average molecular weight is 474 g/mol. The number of carbonyl (C=O) groups is 2. The zero-order valence-corrected chi connectivity index (χ0v) is 22.1. The van der Waals surface area contributed by atoms with Gasteiger partial charge in [0.05, 0.1) is 0 Å². The Morgan fingerprint density at radius 3 is 2.53 bits per heavy atom. The third kappa shape index (κ3) is 4.35. The molecule has 3 N–H and O–H groups in total. The number of rotatable bonds is 6. The lowest BCUT2D eigenvalue weighted by Crippen LogP contribution is -2.60. The molecule has 0 saturated heterocycles. The molecule has 4 rings (SSSR count). The molecular weight excluding hydrogens is 426 g/mol. The van der Waals surface area contributed by atoms with Gasteiger partial charge in [0, 0.05) is 18.5 Å². The molecule has 0 aliphatic heterocycles. The van der Waals surface area contributed by atoms with Crippen LogP contribution >= 0.6 is 0 Å². The Morgan fingerprint density at radius 2 is 1.88 bits per heavy atom. The Balaban J connectivity index is 1.74. The number of nitrogens with two attached hydrogens (primary N) is 1. The van der Waals surface area contributed by atoms with E-state index in [9.17, 15) is 14.7 Å². The van der Waals surface area contributed by atoms with Gasteiger partial charge in [-0.2, -0.15) is 0 Å². The summed E-state index contributed by atoms with van der Waals surface area (Å²) < 4.78 is 5.89. The van der Waals surface area contributed by atoms with E-state index in [1.54, 1.807) is 0 Å². The normalized spacial score (nSPS) is 43.0. The summed E-state index contributed by atoms with van der Waals surface area (Å²) in [5, 5.41) is 10.3. The van der Waals surface area contributed by atoms with Gasteiger partial charge in [-0.25, -0.2) is 4.79 Å². The number of hydrogen-bond acceptors (Lipinski definition) is 4. The van der Waals surface area contributed by atoms with E-state index in [1.165, 1.54) is 45.4 Å². The maximum atomic E-state index is 12.5. The molecule has 0 amide bonds. The van der Waals surface area contributed by atoms with Gasteiger partial charge in [0.15, 0.2) is 0 Å². The van der Waals surface area contributed by atoms with Crippen LogP contribution in [-0.2, 0) is 14.3 Å². The highest BCUT2D eigenvalue weighted by atomic mass is 16.5. The minimum atomic E-state index is -0.848. The van der Waals surface area contributed by atoms with Crippen LogP contribution in [0.1, 0.15) is 105 Å². The predicted molar refractivity (Wildman–Crippen MR) is 134 cm³/mol. The molecule has 0 spiro atoms. The van der Waals surface area contributed by atoms with Crippen molar-refractivity contribution in [2.45, 2.75) is 117 Å². The number of aliphatic carboxylic acids is 1. The van der Waals surface area contributed by atoms with E-state index in [1.807, 2.05) is 0 Å². The van der Waals surface area contributed by atoms with Crippen LogP contribution in [0, 0.1) is 40.4 Å². The summed E-state index contributed by atoms with van der Waals surface area (Å²) in [7, 11) is 0. The Hall–Kier alpha value is -1.36. The van der Waals surface area contributed by atoms with Crippen molar-refractivity contribution in [3.8, 4) is 0 Å². The summed E-state index contributed by atoms with van der Waals surface area (Å²) in [6.45, 7) is 10.7. The van der Waals surface area contributed by atoms with E-state index < -0.39 is 12.1 Å². The van der Waals surface area contributed by atoms with Gasteiger partial charge in [0.1, 0.15) is 6.10 Å². The summed E-state index contributed by atoms with van der Waals surface area (Å²) in [6, 6.07) is 0.0748. The number of carboxylic acid groups (broad SMARTS) is 1. The smallest absolute Gasteiger partial charge is 0.331 e. The highest BCUT2D eigenvalue weighted by Gasteiger charge is 2.64. The van der Waals surface area contributed by atoms with Gasteiger partial charge in [-0.3, -0.25) is 4.79 Å². The third-order valence-corrected chi connectivity index (χ3v) is 10.6. The van der Waals surface area contributed by atoms with Crippen molar-refractivity contribution >= 4 is 11.9 Å². The number of ether oxygens (including phenoxy) is 1. The molecule has 0 aromatic heterocycles. The van der Waals surface area contributed by atoms with Crippen molar-refractivity contribution in [3.05, 3.63) is 11.1 Å². The van der Waals surface area contributed by atoms with Gasteiger partial charge < -0.3 is 15.6 Å². The topological polar surface area (TPSA) is 89.6 Å². The number of hydrogen-bond donors (Lipinski definition) is 2. The summed E-state index contributed by atoms with van der Waals surface area (Å²) in [5.74, 6) is 1.15. The molecule has 0 radical (unpaired) electrons. The summed E-state index contributed by atoms with van der Waals surface area (Å²) in [4.78, 5) is 24.7. The Morgan fingerprint density at radius 1 is 1.15 bits per heavy atom. The predicted octanol–water partition coefficient (Wildman–Crippen LogP) is 6.11. The molecule has 8 atom stereocenters. The molecule has 4 aliphatic carbocycles. The van der Waals surface area contributed by atoms with Gasteiger partial charge in [-0.1, -0.05) is 47.0 Å². The van der Waals surface area contributed by atoms with Crippen LogP contribution in [0.25, 0.3) is 0 Å². The van der Waals surface area contributed by atoms with Crippen molar-refractivity contribution in [2.75, 3.05) is 0 Å². The highest BCUT2D eigenvalue weighted by Crippen LogP contribution is 2.68. The summed E-state index contributed by atoms with van der Waals surface area (Å²) >= 11 is 0. The second kappa shape index (κ2) is 9.59. The first kappa shape index (κ1) is 25.7. The van der Waals surface area contributed by atoms with E-state index in [2.05, 4.69) is 27.7 Å². The molecule has 4 saturated carbocycles. The summed E-state index contributed by atoms with van der Waals surface area (Å²) in [6.07, 6.45) is 11.1. The fourth-order valence-electron chi connectivity index (χ4n) is 9.12. The van der Waals surface area contributed by atoms with Crippen LogP contribution < -0.4 is 5.73 Å². The fraction of sp³-hybridized carbons (Fsp3) is 0.862. The van der Waals surface area contributed by atoms with E-state index in [4.69, 9.17) is 10.5 Å². The van der Waals surface area contributed by atoms with Crippen molar-refractivity contribution in [3.63, 3.8) is 0 Å². The lowest BCUT2D eigenvalue weighted by atomic mass is 9.43. The molecule has 3 unspecified atom stereocenters. The molecule has 192 valence electrons. The van der Waals surface area contributed by atoms with Crippen LogP contribution in [0.3, 0.4) is 0 Å². The van der Waals surface area contributed by atoms with E-state index in [0.29, 0.717) is 29.7 Å². The Bertz CT molecular complexity index is 834. The van der Waals surface area contributed by atoms with Crippen LogP contribution in [0.5, 0.6) is 0 Å². The number of esters is 1. The Kier molecular flexibility index (Phi) is 7.26. The largest absolute Gasteiger partial charge is 0.478 e. The quantitative estimate of drug-likeness (QED) is 0.359. The van der Waals surface area contributed by atoms with E-state index in [-0.39, 0.29) is 28.8 Å². The van der Waals surface area contributed by atoms with Crippen molar-refractivity contribution < 1.29 is 19.4 Å². The average Bonchev–Trinajstić information content (AvgIpc) is 3.01. The molecule has 4 fully saturated rings. The third-order valence-electron chi connectivity index (χ3n) is 10.6. The maximum Gasteiger partial charge on any atom is 0.331 e. The van der Waals surface area contributed by atoms with Crippen molar-refractivity contribution in [1.29, 1.82) is 0 Å². The monoisotopic (exact) mass is 473 g/mol. The van der Waals surface area contributed by atoms with Crippen molar-refractivity contribution in [1.82, 2.24) is 0 Å². The van der Waals surface area contributed by atoms with Gasteiger partial charge in [-0.05, 0) is 97.4 Å². The number of carbonyl (C=O) groups excluding carboxylic acids is 1. The standard InChI is InChI=1S/C29H47NO4/c1-17(2)9-8-11-20(27(32)33)25-22-15-23(30)26-21(29(22,5)16-24(25)34-18(3)31)13-12-19-10-6-7-14-28(19,26)4/h17,19,21-24,26H,6-16,30H2,1-5H3,(H,32,33)/b25-20-/t19?,21?,22?,23-,24-,26-,28-,29+/m0/s1. The molecule has 5 nitrogen and oxygen atoms in total. The molecule has 0 aromatic carbocycles. The van der Waals surface area contributed by atoms with Crippen molar-refractivity contribution in [2.24, 2.45) is 46.2 Å². The molecule has 0 aromatic rings. The minimum absolute atomic E-state index is 0.0693. The fourth-order valence-corrected chi connectivity index (χ4v) is 9.12. The lowest BCUT2D eigenvalue weighted by Gasteiger charge is -2.63. The van der Waals surface area contributed by atoms with Gasteiger partial charge >= 0.3 is 11.9 Å². The van der Waals surface area contributed by atoms with E-state index in [0.717, 1.165) is 37.2 Å². The van der Waals surface area contributed by atoms with Gasteiger partial charge in [-0.15, -0.1) is 0 Å². The number of carboxylic acids is 1. The maximum absolute atomic E-state index is 12.5. The molecule has 4 aliphatic rings. The van der Waals surface area contributed by atoms with E-state index >= 15 is 0 Å². The molecular formula is C29H47NO4. The second-order valence-electron chi connectivity index (χ2n) is 12.9. The van der Waals surface area contributed by atoms with Crippen LogP contribution in [0.4, 0.5) is 0 Å².